The first-order valence-electron chi connectivity index (χ1n) is 7.09. The lowest BCUT2D eigenvalue weighted by Crippen LogP contribution is -2.41. The molecule has 3 rings (SSSR count). The second-order valence-corrected chi connectivity index (χ2v) is 5.02. The Bertz CT molecular complexity index is 578. The van der Waals surface area contributed by atoms with Gasteiger partial charge < -0.3 is 0 Å². The summed E-state index contributed by atoms with van der Waals surface area (Å²) in [7, 11) is 4.04. The zero-order valence-electron chi connectivity index (χ0n) is 11.9. The van der Waals surface area contributed by atoms with Crippen LogP contribution < -0.4 is 5.32 Å². The van der Waals surface area contributed by atoms with E-state index in [1.54, 1.807) is 0 Å². The predicted octanol–water partition coefficient (Wildman–Crippen LogP) is 4.36. The summed E-state index contributed by atoms with van der Waals surface area (Å²) in [5.41, 5.74) is 3.09. The lowest BCUT2D eigenvalue weighted by molar-refractivity contribution is 0.548. The third-order valence-electron chi connectivity index (χ3n) is 3.89. The highest BCUT2D eigenvalue weighted by atomic mass is 14.9. The molecule has 1 heteroatoms. The summed E-state index contributed by atoms with van der Waals surface area (Å²) in [6.07, 6.45) is 0. The number of nitrogens with one attached hydrogen (secondary N) is 1. The van der Waals surface area contributed by atoms with Crippen molar-refractivity contribution >= 4 is 0 Å². The smallest absolute Gasteiger partial charge is 0.0948 e. The maximum absolute atomic E-state index is 4.04. The van der Waals surface area contributed by atoms with Gasteiger partial charge in [0.05, 0.1) is 5.54 Å². The summed E-state index contributed by atoms with van der Waals surface area (Å²) in [5.74, 6) is 0. The Balaban J connectivity index is 2.29. The van der Waals surface area contributed by atoms with E-state index in [9.17, 15) is 0 Å². The van der Waals surface area contributed by atoms with Crippen LogP contribution in [0.3, 0.4) is 0 Å². The second kappa shape index (κ2) is 5.94. The van der Waals surface area contributed by atoms with Crippen molar-refractivity contribution in [2.45, 2.75) is 5.54 Å². The molecule has 1 N–H and O–H groups in total. The summed E-state index contributed by atoms with van der Waals surface area (Å²) in [6.45, 7) is 0. The Hall–Kier alpha value is -2.38. The van der Waals surface area contributed by atoms with Gasteiger partial charge in [0.15, 0.2) is 0 Å². The van der Waals surface area contributed by atoms with Crippen LogP contribution in [0.2, 0.25) is 0 Å². The van der Waals surface area contributed by atoms with Crippen LogP contribution in [0.25, 0.3) is 0 Å². The second-order valence-electron chi connectivity index (χ2n) is 5.02. The van der Waals surface area contributed by atoms with Gasteiger partial charge in [-0.3, -0.25) is 5.32 Å². The molecular formula is C20H18N. The lowest BCUT2D eigenvalue weighted by atomic mass is 9.77. The van der Waals surface area contributed by atoms with E-state index in [2.05, 4.69) is 85.2 Å². The molecule has 0 aliphatic heterocycles. The van der Waals surface area contributed by atoms with Crippen molar-refractivity contribution in [3.8, 4) is 0 Å². The van der Waals surface area contributed by atoms with Gasteiger partial charge in [-0.1, -0.05) is 91.0 Å². The Kier molecular flexibility index (Phi) is 3.85. The van der Waals surface area contributed by atoms with E-state index < -0.39 is 5.54 Å². The van der Waals surface area contributed by atoms with E-state index in [-0.39, 0.29) is 0 Å². The molecule has 0 bridgehead atoms. The van der Waals surface area contributed by atoms with E-state index in [4.69, 9.17) is 0 Å². The number of hydrogen-bond acceptors (Lipinski definition) is 1. The van der Waals surface area contributed by atoms with Gasteiger partial charge in [-0.05, 0) is 16.7 Å². The zero-order chi connectivity index (χ0) is 14.5. The molecule has 0 saturated carbocycles. The number of hydrogen-bond donors (Lipinski definition) is 1. The molecule has 0 aliphatic carbocycles. The first kappa shape index (κ1) is 13.6. The van der Waals surface area contributed by atoms with Crippen molar-refractivity contribution in [1.82, 2.24) is 5.32 Å². The summed E-state index contributed by atoms with van der Waals surface area (Å²) in [4.78, 5) is 0. The normalized spacial score (nSPS) is 11.3. The average Bonchev–Trinajstić information content (AvgIpc) is 2.59. The molecule has 1 nitrogen and oxygen atoms in total. The highest BCUT2D eigenvalue weighted by Gasteiger charge is 2.34. The molecule has 21 heavy (non-hydrogen) atoms. The molecular weight excluding hydrogens is 254 g/mol. The maximum atomic E-state index is 4.04. The van der Waals surface area contributed by atoms with Gasteiger partial charge in [0.1, 0.15) is 0 Å². The number of benzene rings is 3. The molecule has 0 fully saturated rings. The lowest BCUT2D eigenvalue weighted by Gasteiger charge is -2.35. The van der Waals surface area contributed by atoms with Gasteiger partial charge in [-0.25, -0.2) is 0 Å². The molecule has 0 aliphatic rings. The monoisotopic (exact) mass is 272 g/mol. The highest BCUT2D eigenvalue weighted by molar-refractivity contribution is 5.49. The van der Waals surface area contributed by atoms with Gasteiger partial charge in [0, 0.05) is 7.05 Å². The quantitative estimate of drug-likeness (QED) is 0.696. The minimum Gasteiger partial charge on any atom is -0.299 e. The minimum absolute atomic E-state index is 0.441. The third kappa shape index (κ3) is 2.37. The van der Waals surface area contributed by atoms with Crippen molar-refractivity contribution in [2.24, 2.45) is 0 Å². The summed E-state index contributed by atoms with van der Waals surface area (Å²) < 4.78 is 0. The Morgan fingerprint density at radius 2 is 0.810 bits per heavy atom. The molecule has 1 radical (unpaired) electrons. The molecule has 3 aromatic rings. The van der Waals surface area contributed by atoms with Crippen molar-refractivity contribution in [2.75, 3.05) is 0 Å². The first-order valence-corrected chi connectivity index (χ1v) is 7.09. The van der Waals surface area contributed by atoms with Gasteiger partial charge >= 0.3 is 0 Å². The minimum atomic E-state index is -0.441. The topological polar surface area (TPSA) is 12.0 Å². The van der Waals surface area contributed by atoms with Gasteiger partial charge in [-0.15, -0.1) is 0 Å². The first-order chi connectivity index (χ1) is 10.4. The van der Waals surface area contributed by atoms with Crippen LogP contribution in [-0.2, 0) is 5.54 Å². The summed E-state index contributed by atoms with van der Waals surface area (Å²) >= 11 is 0. The van der Waals surface area contributed by atoms with Gasteiger partial charge in [0.25, 0.3) is 0 Å². The fourth-order valence-corrected chi connectivity index (χ4v) is 2.87. The van der Waals surface area contributed by atoms with Gasteiger partial charge in [-0.2, -0.15) is 0 Å². The summed E-state index contributed by atoms with van der Waals surface area (Å²) in [6, 6.07) is 31.3. The van der Waals surface area contributed by atoms with Crippen LogP contribution in [0.15, 0.2) is 91.0 Å². The fraction of sp³-hybridized carbons (Fsp3) is 0.0500. The molecule has 0 atom stereocenters. The molecule has 0 amide bonds. The third-order valence-corrected chi connectivity index (χ3v) is 3.89. The predicted molar refractivity (Wildman–Crippen MR) is 87.7 cm³/mol. The highest BCUT2D eigenvalue weighted by Crippen LogP contribution is 2.36. The zero-order valence-corrected chi connectivity index (χ0v) is 11.9. The van der Waals surface area contributed by atoms with Crippen LogP contribution in [0.1, 0.15) is 16.7 Å². The van der Waals surface area contributed by atoms with Crippen LogP contribution in [0.4, 0.5) is 0 Å². The van der Waals surface area contributed by atoms with Crippen LogP contribution >= 0.6 is 0 Å². The van der Waals surface area contributed by atoms with E-state index in [1.165, 1.54) is 16.7 Å². The largest absolute Gasteiger partial charge is 0.299 e. The van der Waals surface area contributed by atoms with E-state index in [0.29, 0.717) is 0 Å². The molecule has 0 aromatic heterocycles. The van der Waals surface area contributed by atoms with Crippen molar-refractivity contribution in [3.05, 3.63) is 115 Å². The van der Waals surface area contributed by atoms with E-state index >= 15 is 0 Å². The van der Waals surface area contributed by atoms with Crippen LogP contribution in [0.5, 0.6) is 0 Å². The van der Waals surface area contributed by atoms with E-state index in [0.717, 1.165) is 0 Å². The molecule has 103 valence electrons. The molecule has 0 heterocycles. The fourth-order valence-electron chi connectivity index (χ4n) is 2.87. The molecule has 0 unspecified atom stereocenters. The molecule has 0 spiro atoms. The van der Waals surface area contributed by atoms with Crippen molar-refractivity contribution in [3.63, 3.8) is 0 Å². The summed E-state index contributed by atoms with van der Waals surface area (Å²) in [5, 5.41) is 3.31. The van der Waals surface area contributed by atoms with Crippen LogP contribution in [-0.4, -0.2) is 0 Å². The number of rotatable bonds is 4. The van der Waals surface area contributed by atoms with Crippen molar-refractivity contribution in [1.29, 1.82) is 0 Å². The molecule has 3 aromatic carbocycles. The van der Waals surface area contributed by atoms with Crippen LogP contribution in [0, 0.1) is 7.05 Å². The SMILES string of the molecule is [CH2]NC(c1ccccc1)(c1ccccc1)c1ccccc1. The van der Waals surface area contributed by atoms with Gasteiger partial charge in [0.2, 0.25) is 0 Å². The van der Waals surface area contributed by atoms with Crippen molar-refractivity contribution < 1.29 is 0 Å². The Morgan fingerprint density at radius 3 is 1.05 bits per heavy atom. The maximum Gasteiger partial charge on any atom is 0.0948 e. The standard InChI is InChI=1S/C20H18N/c1-21-20(17-11-5-2-6-12-17,18-13-7-3-8-14-18)19-15-9-4-10-16-19/h2-16,21H,1H2. The Morgan fingerprint density at radius 1 is 0.524 bits per heavy atom. The average molecular weight is 272 g/mol. The molecule has 0 saturated heterocycles. The Labute approximate surface area is 126 Å². The van der Waals surface area contributed by atoms with E-state index in [1.807, 2.05) is 18.2 Å².